The van der Waals surface area contributed by atoms with Crippen molar-refractivity contribution in [3.8, 4) is 0 Å². The van der Waals surface area contributed by atoms with Gasteiger partial charge in [-0.25, -0.2) is 0 Å². The lowest BCUT2D eigenvalue weighted by Crippen LogP contribution is -2.29. The summed E-state index contributed by atoms with van der Waals surface area (Å²) < 4.78 is 6.32. The van der Waals surface area contributed by atoms with Crippen molar-refractivity contribution < 1.29 is 4.74 Å². The van der Waals surface area contributed by atoms with E-state index in [0.29, 0.717) is 12.2 Å². The molecule has 0 saturated heterocycles. The largest absolute Gasteiger partial charge is 0.375 e. The normalized spacial score (nSPS) is 38.5. The second-order valence-corrected chi connectivity index (χ2v) is 5.89. The first kappa shape index (κ1) is 13.4. The lowest BCUT2D eigenvalue weighted by atomic mass is 9.85. The third-order valence-electron chi connectivity index (χ3n) is 4.57. The highest BCUT2D eigenvalue weighted by atomic mass is 16.5. The van der Waals surface area contributed by atoms with E-state index in [2.05, 4.69) is 19.2 Å². The summed E-state index contributed by atoms with van der Waals surface area (Å²) in [6.45, 7) is 5.61. The Bertz CT molecular complexity index is 219. The molecule has 1 N–H and O–H groups in total. The number of hydrogen-bond acceptors (Lipinski definition) is 2. The van der Waals surface area contributed by atoms with E-state index in [1.165, 1.54) is 51.4 Å². The van der Waals surface area contributed by atoms with Crippen LogP contribution in [0, 0.1) is 5.92 Å². The molecule has 2 aliphatic carbocycles. The van der Waals surface area contributed by atoms with Crippen LogP contribution in [0.1, 0.15) is 65.2 Å². The van der Waals surface area contributed by atoms with Crippen molar-refractivity contribution in [1.29, 1.82) is 0 Å². The van der Waals surface area contributed by atoms with Crippen LogP contribution in [0.2, 0.25) is 0 Å². The number of ether oxygens (including phenoxy) is 1. The van der Waals surface area contributed by atoms with Gasteiger partial charge in [-0.1, -0.05) is 33.1 Å². The molecule has 0 aromatic carbocycles. The molecule has 0 spiro atoms. The molecule has 17 heavy (non-hydrogen) atoms. The minimum atomic E-state index is 0.541. The molecule has 100 valence electrons. The molecular formula is C15H29NO. The van der Waals surface area contributed by atoms with Gasteiger partial charge >= 0.3 is 0 Å². The molecule has 2 nitrogen and oxygen atoms in total. The Labute approximate surface area is 107 Å². The van der Waals surface area contributed by atoms with Crippen LogP contribution in [0.25, 0.3) is 0 Å². The van der Waals surface area contributed by atoms with Crippen LogP contribution in [0.4, 0.5) is 0 Å². The van der Waals surface area contributed by atoms with Crippen LogP contribution in [0.5, 0.6) is 0 Å². The molecule has 2 fully saturated rings. The lowest BCUT2D eigenvalue weighted by molar-refractivity contribution is -0.0378. The maximum atomic E-state index is 6.32. The smallest absolute Gasteiger partial charge is 0.0594 e. The SMILES string of the molecule is CCNC1CCC(OC2CCCC(CC)C2)C1. The Kier molecular flexibility index (Phi) is 5.30. The summed E-state index contributed by atoms with van der Waals surface area (Å²) in [5.41, 5.74) is 0. The van der Waals surface area contributed by atoms with E-state index in [1.54, 1.807) is 0 Å². The topological polar surface area (TPSA) is 21.3 Å². The van der Waals surface area contributed by atoms with Crippen LogP contribution < -0.4 is 5.32 Å². The van der Waals surface area contributed by atoms with Crippen LogP contribution >= 0.6 is 0 Å². The fourth-order valence-electron chi connectivity index (χ4n) is 3.55. The molecule has 0 aliphatic heterocycles. The molecule has 2 heteroatoms. The van der Waals surface area contributed by atoms with E-state index in [4.69, 9.17) is 4.74 Å². The van der Waals surface area contributed by atoms with Crippen molar-refractivity contribution in [2.24, 2.45) is 5.92 Å². The molecule has 0 amide bonds. The highest BCUT2D eigenvalue weighted by Gasteiger charge is 2.29. The fourth-order valence-corrected chi connectivity index (χ4v) is 3.55. The standard InChI is InChI=1S/C15H29NO/c1-3-12-6-5-7-14(10-12)17-15-9-8-13(11-15)16-4-2/h12-16H,3-11H2,1-2H3. The quantitative estimate of drug-likeness (QED) is 0.793. The monoisotopic (exact) mass is 239 g/mol. The Morgan fingerprint density at radius 1 is 1.00 bits per heavy atom. The van der Waals surface area contributed by atoms with Crippen molar-refractivity contribution in [3.63, 3.8) is 0 Å². The Morgan fingerprint density at radius 3 is 2.59 bits per heavy atom. The second kappa shape index (κ2) is 6.75. The molecule has 0 aromatic heterocycles. The molecule has 2 saturated carbocycles. The van der Waals surface area contributed by atoms with E-state index in [0.717, 1.165) is 18.5 Å². The first-order valence-corrected chi connectivity index (χ1v) is 7.70. The average Bonchev–Trinajstić information content (AvgIpc) is 2.77. The zero-order valence-corrected chi connectivity index (χ0v) is 11.6. The first-order chi connectivity index (χ1) is 8.31. The molecule has 0 radical (unpaired) electrons. The summed E-state index contributed by atoms with van der Waals surface area (Å²) in [6, 6.07) is 0.718. The summed E-state index contributed by atoms with van der Waals surface area (Å²) in [5, 5.41) is 3.55. The van der Waals surface area contributed by atoms with E-state index < -0.39 is 0 Å². The molecular weight excluding hydrogens is 210 g/mol. The molecule has 0 aromatic rings. The maximum absolute atomic E-state index is 6.32. The van der Waals surface area contributed by atoms with E-state index >= 15 is 0 Å². The van der Waals surface area contributed by atoms with Gasteiger partial charge in [-0.2, -0.15) is 0 Å². The summed E-state index contributed by atoms with van der Waals surface area (Å²) >= 11 is 0. The zero-order valence-electron chi connectivity index (χ0n) is 11.6. The van der Waals surface area contributed by atoms with Gasteiger partial charge in [0.2, 0.25) is 0 Å². The molecule has 4 atom stereocenters. The van der Waals surface area contributed by atoms with Gasteiger partial charge in [0, 0.05) is 6.04 Å². The fraction of sp³-hybridized carbons (Fsp3) is 1.00. The van der Waals surface area contributed by atoms with Gasteiger partial charge in [-0.15, -0.1) is 0 Å². The first-order valence-electron chi connectivity index (χ1n) is 7.70. The van der Waals surface area contributed by atoms with Gasteiger partial charge < -0.3 is 10.1 Å². The van der Waals surface area contributed by atoms with Gasteiger partial charge in [0.15, 0.2) is 0 Å². The maximum Gasteiger partial charge on any atom is 0.0594 e. The van der Waals surface area contributed by atoms with Crippen LogP contribution in [-0.4, -0.2) is 24.8 Å². The van der Waals surface area contributed by atoms with Crippen LogP contribution in [0.3, 0.4) is 0 Å². The molecule has 0 heterocycles. The van der Waals surface area contributed by atoms with Crippen LogP contribution in [0.15, 0.2) is 0 Å². The Balaban J connectivity index is 1.70. The minimum absolute atomic E-state index is 0.541. The summed E-state index contributed by atoms with van der Waals surface area (Å²) in [4.78, 5) is 0. The van der Waals surface area contributed by atoms with Crippen molar-refractivity contribution in [2.75, 3.05) is 6.54 Å². The molecule has 2 aliphatic rings. The predicted octanol–water partition coefficient (Wildman–Crippen LogP) is 3.50. The van der Waals surface area contributed by atoms with Crippen molar-refractivity contribution in [1.82, 2.24) is 5.32 Å². The Morgan fingerprint density at radius 2 is 1.82 bits per heavy atom. The van der Waals surface area contributed by atoms with Crippen molar-refractivity contribution in [3.05, 3.63) is 0 Å². The molecule has 2 rings (SSSR count). The lowest BCUT2D eigenvalue weighted by Gasteiger charge is -2.30. The number of hydrogen-bond donors (Lipinski definition) is 1. The van der Waals surface area contributed by atoms with E-state index in [-0.39, 0.29) is 0 Å². The summed E-state index contributed by atoms with van der Waals surface area (Å²) in [7, 11) is 0. The second-order valence-electron chi connectivity index (χ2n) is 5.89. The van der Waals surface area contributed by atoms with Crippen LogP contribution in [-0.2, 0) is 4.74 Å². The van der Waals surface area contributed by atoms with Crippen molar-refractivity contribution >= 4 is 0 Å². The van der Waals surface area contributed by atoms with Gasteiger partial charge in [-0.05, 0) is 44.6 Å². The minimum Gasteiger partial charge on any atom is -0.375 e. The molecule has 4 unspecified atom stereocenters. The summed E-state index contributed by atoms with van der Waals surface area (Å²) in [5.74, 6) is 0.930. The van der Waals surface area contributed by atoms with Gasteiger partial charge in [-0.3, -0.25) is 0 Å². The number of rotatable bonds is 5. The Hall–Kier alpha value is -0.0800. The zero-order chi connectivity index (χ0) is 12.1. The number of nitrogens with one attached hydrogen (secondary N) is 1. The third-order valence-corrected chi connectivity index (χ3v) is 4.57. The molecule has 0 bridgehead atoms. The third kappa shape index (κ3) is 3.96. The van der Waals surface area contributed by atoms with Gasteiger partial charge in [0.05, 0.1) is 12.2 Å². The summed E-state index contributed by atoms with van der Waals surface area (Å²) in [6.07, 6.45) is 11.7. The van der Waals surface area contributed by atoms with Crippen molar-refractivity contribution in [2.45, 2.75) is 83.5 Å². The van der Waals surface area contributed by atoms with E-state index in [1.807, 2.05) is 0 Å². The van der Waals surface area contributed by atoms with Gasteiger partial charge in [0.25, 0.3) is 0 Å². The highest BCUT2D eigenvalue weighted by molar-refractivity contribution is 4.83. The average molecular weight is 239 g/mol. The van der Waals surface area contributed by atoms with Gasteiger partial charge in [0.1, 0.15) is 0 Å². The van der Waals surface area contributed by atoms with E-state index in [9.17, 15) is 0 Å². The highest BCUT2D eigenvalue weighted by Crippen LogP contribution is 2.32. The predicted molar refractivity (Wildman–Crippen MR) is 72.2 cm³/mol.